The number of benzene rings is 2. The molecule has 1 amide bonds. The summed E-state index contributed by atoms with van der Waals surface area (Å²) in [5, 5.41) is 3.19. The summed E-state index contributed by atoms with van der Waals surface area (Å²) >= 11 is 0. The van der Waals surface area contributed by atoms with Crippen LogP contribution in [-0.4, -0.2) is 31.6 Å². The van der Waals surface area contributed by atoms with Crippen molar-refractivity contribution in [1.82, 2.24) is 5.32 Å². The number of rotatable bonds is 11. The lowest BCUT2D eigenvalue weighted by Gasteiger charge is -2.11. The number of esters is 1. The second kappa shape index (κ2) is 12.6. The molecule has 3 aromatic rings. The third-order valence-electron chi connectivity index (χ3n) is 5.20. The largest absolute Gasteiger partial charge is 0.493 e. The highest BCUT2D eigenvalue weighted by Gasteiger charge is 2.15. The van der Waals surface area contributed by atoms with Gasteiger partial charge in [-0.1, -0.05) is 25.8 Å². The molecule has 0 bridgehead atoms. The maximum absolute atomic E-state index is 12.3. The number of hydrogen-bond acceptors (Lipinski definition) is 7. The van der Waals surface area contributed by atoms with Gasteiger partial charge in [0.25, 0.3) is 5.91 Å². The number of amides is 1. The summed E-state index contributed by atoms with van der Waals surface area (Å²) in [5.74, 6) is 0.314. The molecular weight excluding hydrogens is 462 g/mol. The Morgan fingerprint density at radius 3 is 2.58 bits per heavy atom. The summed E-state index contributed by atoms with van der Waals surface area (Å²) in [6.45, 7) is 6.34. The predicted molar refractivity (Wildman–Crippen MR) is 138 cm³/mol. The zero-order valence-corrected chi connectivity index (χ0v) is 21.0. The molecule has 0 fully saturated rings. The molecule has 0 saturated carbocycles. The van der Waals surface area contributed by atoms with Gasteiger partial charge < -0.3 is 23.9 Å². The van der Waals surface area contributed by atoms with Gasteiger partial charge in [0.05, 0.1) is 13.7 Å². The van der Waals surface area contributed by atoms with E-state index in [1.54, 1.807) is 51.3 Å². The van der Waals surface area contributed by atoms with E-state index in [0.29, 0.717) is 23.5 Å². The molecule has 0 aliphatic heterocycles. The Bertz CT molecular complexity index is 1310. The third kappa shape index (κ3) is 7.21. The van der Waals surface area contributed by atoms with Gasteiger partial charge in [-0.05, 0) is 62.2 Å². The SMILES string of the molecule is CCCCCOc1ccc(/C=C/C(=O)Oc2ccc3cc(C(=O)NC(C)C)c(=O)oc3c2)cc1OC. The number of fused-ring (bicyclic) bond motifs is 1. The Balaban J connectivity index is 1.68. The highest BCUT2D eigenvalue weighted by atomic mass is 16.5. The number of unbranched alkanes of at least 4 members (excludes halogenated alkanes) is 2. The quantitative estimate of drug-likeness (QED) is 0.130. The highest BCUT2D eigenvalue weighted by Crippen LogP contribution is 2.29. The number of carbonyl (C=O) groups is 2. The fraction of sp³-hybridized carbons (Fsp3) is 0.321. The molecule has 8 heteroatoms. The van der Waals surface area contributed by atoms with Crippen LogP contribution < -0.4 is 25.2 Å². The van der Waals surface area contributed by atoms with Gasteiger partial charge >= 0.3 is 11.6 Å². The lowest BCUT2D eigenvalue weighted by atomic mass is 10.1. The van der Waals surface area contributed by atoms with Gasteiger partial charge in [-0.2, -0.15) is 0 Å². The average Bonchev–Trinajstić information content (AvgIpc) is 2.84. The van der Waals surface area contributed by atoms with Gasteiger partial charge in [-0.25, -0.2) is 9.59 Å². The maximum Gasteiger partial charge on any atom is 0.349 e. The summed E-state index contributed by atoms with van der Waals surface area (Å²) in [7, 11) is 1.56. The van der Waals surface area contributed by atoms with Gasteiger partial charge in [-0.15, -0.1) is 0 Å². The second-order valence-electron chi connectivity index (χ2n) is 8.50. The summed E-state index contributed by atoms with van der Waals surface area (Å²) in [4.78, 5) is 36.8. The van der Waals surface area contributed by atoms with Gasteiger partial charge in [-0.3, -0.25) is 4.79 Å². The minimum atomic E-state index is -0.768. The van der Waals surface area contributed by atoms with E-state index in [1.807, 2.05) is 6.07 Å². The van der Waals surface area contributed by atoms with Crippen LogP contribution in [0.25, 0.3) is 17.0 Å². The van der Waals surface area contributed by atoms with E-state index < -0.39 is 17.5 Å². The fourth-order valence-corrected chi connectivity index (χ4v) is 3.41. The molecule has 8 nitrogen and oxygen atoms in total. The highest BCUT2D eigenvalue weighted by molar-refractivity contribution is 5.97. The van der Waals surface area contributed by atoms with Crippen molar-refractivity contribution in [3.63, 3.8) is 0 Å². The molecule has 0 spiro atoms. The van der Waals surface area contributed by atoms with E-state index in [-0.39, 0.29) is 22.9 Å². The normalized spacial score (nSPS) is 11.1. The Morgan fingerprint density at radius 1 is 1.06 bits per heavy atom. The lowest BCUT2D eigenvalue weighted by Crippen LogP contribution is -2.33. The second-order valence-corrected chi connectivity index (χ2v) is 8.50. The summed E-state index contributed by atoms with van der Waals surface area (Å²) in [6, 6.07) is 11.3. The molecule has 3 rings (SSSR count). The zero-order valence-electron chi connectivity index (χ0n) is 21.0. The smallest absolute Gasteiger partial charge is 0.349 e. The molecule has 1 N–H and O–H groups in total. The van der Waals surface area contributed by atoms with Crippen LogP contribution in [0, 0.1) is 0 Å². The molecule has 1 aromatic heterocycles. The number of carbonyl (C=O) groups excluding carboxylic acids is 2. The fourth-order valence-electron chi connectivity index (χ4n) is 3.41. The topological polar surface area (TPSA) is 104 Å². The van der Waals surface area contributed by atoms with Gasteiger partial charge in [0.15, 0.2) is 11.5 Å². The summed E-state index contributed by atoms with van der Waals surface area (Å²) in [5.41, 5.74) is 0.0866. The first-order valence-corrected chi connectivity index (χ1v) is 11.9. The molecule has 36 heavy (non-hydrogen) atoms. The Morgan fingerprint density at radius 2 is 1.86 bits per heavy atom. The van der Waals surface area contributed by atoms with Crippen molar-refractivity contribution >= 4 is 28.9 Å². The maximum atomic E-state index is 12.3. The number of ether oxygens (including phenoxy) is 3. The third-order valence-corrected chi connectivity index (χ3v) is 5.20. The van der Waals surface area contributed by atoms with Crippen molar-refractivity contribution in [2.45, 2.75) is 46.1 Å². The molecule has 190 valence electrons. The molecule has 0 unspecified atom stereocenters. The molecule has 2 aromatic carbocycles. The van der Waals surface area contributed by atoms with E-state index in [1.165, 1.54) is 18.2 Å². The minimum Gasteiger partial charge on any atom is -0.493 e. The lowest BCUT2D eigenvalue weighted by molar-refractivity contribution is -0.128. The van der Waals surface area contributed by atoms with Crippen LogP contribution in [0.3, 0.4) is 0 Å². The van der Waals surface area contributed by atoms with Gasteiger partial charge in [0.1, 0.15) is 16.9 Å². The molecule has 0 aliphatic rings. The van der Waals surface area contributed by atoms with Gasteiger partial charge in [0, 0.05) is 23.6 Å². The molecule has 0 radical (unpaired) electrons. The first-order chi connectivity index (χ1) is 17.3. The van der Waals surface area contributed by atoms with Crippen LogP contribution in [0.5, 0.6) is 17.2 Å². The summed E-state index contributed by atoms with van der Waals surface area (Å²) in [6.07, 6.45) is 6.08. The first-order valence-electron chi connectivity index (χ1n) is 11.9. The Kier molecular flexibility index (Phi) is 9.27. The monoisotopic (exact) mass is 493 g/mol. The average molecular weight is 494 g/mol. The van der Waals surface area contributed by atoms with Crippen LogP contribution in [0.15, 0.2) is 57.8 Å². The van der Waals surface area contributed by atoms with Crippen LogP contribution >= 0.6 is 0 Å². The molecule has 1 heterocycles. The van der Waals surface area contributed by atoms with Crippen molar-refractivity contribution in [1.29, 1.82) is 0 Å². The van der Waals surface area contributed by atoms with E-state index >= 15 is 0 Å². The number of hydrogen-bond donors (Lipinski definition) is 1. The van der Waals surface area contributed by atoms with Crippen molar-refractivity contribution in [2.24, 2.45) is 0 Å². The van der Waals surface area contributed by atoms with E-state index in [2.05, 4.69) is 12.2 Å². The molecule has 0 saturated heterocycles. The van der Waals surface area contributed by atoms with E-state index in [0.717, 1.165) is 24.8 Å². The van der Waals surface area contributed by atoms with Crippen LogP contribution in [0.2, 0.25) is 0 Å². The molecular formula is C28H31NO7. The number of nitrogens with one attached hydrogen (secondary N) is 1. The summed E-state index contributed by atoms with van der Waals surface area (Å²) < 4.78 is 21.8. The molecule has 0 atom stereocenters. The van der Waals surface area contributed by atoms with Gasteiger partial charge in [0.2, 0.25) is 0 Å². The van der Waals surface area contributed by atoms with Crippen molar-refractivity contribution in [3.8, 4) is 17.2 Å². The first kappa shape index (κ1) is 26.5. The van der Waals surface area contributed by atoms with Crippen LogP contribution in [0.1, 0.15) is 56.0 Å². The van der Waals surface area contributed by atoms with Crippen molar-refractivity contribution in [2.75, 3.05) is 13.7 Å². The predicted octanol–water partition coefficient (Wildman–Crippen LogP) is 5.13. The minimum absolute atomic E-state index is 0.0864. The van der Waals surface area contributed by atoms with Crippen molar-refractivity contribution in [3.05, 3.63) is 70.1 Å². The van der Waals surface area contributed by atoms with E-state index in [4.69, 9.17) is 18.6 Å². The Labute approximate surface area is 209 Å². The zero-order chi connectivity index (χ0) is 26.1. The standard InChI is InChI=1S/C28H31NO7/c1-5-6-7-14-34-23-12-8-19(15-25(23)33-4)9-13-26(30)35-21-11-10-20-16-22(27(31)29-18(2)3)28(32)36-24(20)17-21/h8-13,15-18H,5-7,14H2,1-4H3,(H,29,31)/b13-9+. The van der Waals surface area contributed by atoms with Crippen LogP contribution in [-0.2, 0) is 4.79 Å². The van der Waals surface area contributed by atoms with Crippen LogP contribution in [0.4, 0.5) is 0 Å². The Hall–Kier alpha value is -4.07. The molecule has 0 aliphatic carbocycles. The van der Waals surface area contributed by atoms with E-state index in [9.17, 15) is 14.4 Å². The number of methoxy groups -OCH3 is 1. The van der Waals surface area contributed by atoms with Crippen molar-refractivity contribution < 1.29 is 28.2 Å².